The van der Waals surface area contributed by atoms with Gasteiger partial charge in [0.2, 0.25) is 11.8 Å². The number of carbonyl (C=O) groups excluding carboxylic acids is 2. The van der Waals surface area contributed by atoms with E-state index in [9.17, 15) is 14.0 Å². The third-order valence-electron chi connectivity index (χ3n) is 4.96. The summed E-state index contributed by atoms with van der Waals surface area (Å²) in [4.78, 5) is 28.1. The van der Waals surface area contributed by atoms with Crippen molar-refractivity contribution in [2.75, 3.05) is 19.6 Å². The standard InChI is InChI=1S/C18H23FN2O2/c1-13-8-10-21(18(13)14-5-4-6-15(19)11-14)17(23)12-20-9-3-2-7-16(20)22/h4-6,11,13,18H,2-3,7-10,12H2,1H3/t13-,18+/m1/s1. The van der Waals surface area contributed by atoms with Crippen LogP contribution in [-0.4, -0.2) is 41.2 Å². The highest BCUT2D eigenvalue weighted by molar-refractivity contribution is 5.85. The van der Waals surface area contributed by atoms with Gasteiger partial charge < -0.3 is 9.80 Å². The van der Waals surface area contributed by atoms with E-state index in [0.717, 1.165) is 24.8 Å². The van der Waals surface area contributed by atoms with Gasteiger partial charge >= 0.3 is 0 Å². The number of nitrogens with zero attached hydrogens (tertiary/aromatic N) is 2. The molecule has 4 nitrogen and oxygen atoms in total. The predicted octanol–water partition coefficient (Wildman–Crippen LogP) is 2.75. The van der Waals surface area contributed by atoms with Gasteiger partial charge in [0.25, 0.3) is 0 Å². The van der Waals surface area contributed by atoms with Crippen LogP contribution in [0, 0.1) is 11.7 Å². The van der Waals surface area contributed by atoms with Crippen LogP contribution in [0.2, 0.25) is 0 Å². The molecule has 2 heterocycles. The number of hydrogen-bond donors (Lipinski definition) is 0. The number of piperidine rings is 1. The van der Waals surface area contributed by atoms with Crippen molar-refractivity contribution >= 4 is 11.8 Å². The van der Waals surface area contributed by atoms with Crippen LogP contribution in [0.25, 0.3) is 0 Å². The molecular weight excluding hydrogens is 295 g/mol. The average Bonchev–Trinajstić information content (AvgIpc) is 2.91. The number of rotatable bonds is 3. The molecule has 2 aliphatic rings. The van der Waals surface area contributed by atoms with Gasteiger partial charge in [0.15, 0.2) is 0 Å². The van der Waals surface area contributed by atoms with Gasteiger partial charge in [-0.05, 0) is 42.9 Å². The molecule has 0 spiro atoms. The van der Waals surface area contributed by atoms with Crippen molar-refractivity contribution in [1.29, 1.82) is 0 Å². The minimum absolute atomic E-state index is 0.0288. The first-order chi connectivity index (χ1) is 11.1. The Morgan fingerprint density at radius 1 is 1.30 bits per heavy atom. The zero-order valence-corrected chi connectivity index (χ0v) is 13.5. The molecule has 0 saturated carbocycles. The summed E-state index contributed by atoms with van der Waals surface area (Å²) < 4.78 is 13.5. The predicted molar refractivity (Wildman–Crippen MR) is 85.1 cm³/mol. The van der Waals surface area contributed by atoms with Crippen molar-refractivity contribution in [2.24, 2.45) is 5.92 Å². The van der Waals surface area contributed by atoms with Gasteiger partial charge in [0.1, 0.15) is 5.82 Å². The molecule has 124 valence electrons. The number of hydrogen-bond acceptors (Lipinski definition) is 2. The lowest BCUT2D eigenvalue weighted by atomic mass is 9.95. The minimum Gasteiger partial charge on any atom is -0.334 e. The van der Waals surface area contributed by atoms with E-state index in [1.54, 1.807) is 11.0 Å². The summed E-state index contributed by atoms with van der Waals surface area (Å²) in [6.45, 7) is 3.58. The smallest absolute Gasteiger partial charge is 0.242 e. The molecule has 3 rings (SSSR count). The summed E-state index contributed by atoms with van der Waals surface area (Å²) in [6, 6.07) is 6.40. The molecule has 23 heavy (non-hydrogen) atoms. The summed E-state index contributed by atoms with van der Waals surface area (Å²) >= 11 is 0. The van der Waals surface area contributed by atoms with Crippen molar-refractivity contribution in [1.82, 2.24) is 9.80 Å². The highest BCUT2D eigenvalue weighted by Gasteiger charge is 2.36. The largest absolute Gasteiger partial charge is 0.334 e. The lowest BCUT2D eigenvalue weighted by Crippen LogP contribution is -2.44. The fourth-order valence-electron chi connectivity index (χ4n) is 3.71. The minimum atomic E-state index is -0.278. The Kier molecular flexibility index (Phi) is 4.64. The van der Waals surface area contributed by atoms with E-state index >= 15 is 0 Å². The lowest BCUT2D eigenvalue weighted by molar-refractivity contribution is -0.142. The van der Waals surface area contributed by atoms with Crippen LogP contribution >= 0.6 is 0 Å². The zero-order chi connectivity index (χ0) is 16.4. The van der Waals surface area contributed by atoms with E-state index in [1.165, 1.54) is 12.1 Å². The zero-order valence-electron chi connectivity index (χ0n) is 13.5. The third-order valence-corrected chi connectivity index (χ3v) is 4.96. The number of carbonyl (C=O) groups is 2. The van der Waals surface area contributed by atoms with Gasteiger partial charge in [0.05, 0.1) is 12.6 Å². The SMILES string of the molecule is C[C@@H]1CCN(C(=O)CN2CCCCC2=O)[C@@H]1c1cccc(F)c1. The van der Waals surface area contributed by atoms with Gasteiger partial charge in [-0.1, -0.05) is 19.1 Å². The van der Waals surface area contributed by atoms with Crippen LogP contribution in [0.15, 0.2) is 24.3 Å². The van der Waals surface area contributed by atoms with Crippen LogP contribution in [0.4, 0.5) is 4.39 Å². The molecule has 2 fully saturated rings. The fraction of sp³-hybridized carbons (Fsp3) is 0.556. The molecule has 0 N–H and O–H groups in total. The van der Waals surface area contributed by atoms with E-state index in [1.807, 2.05) is 11.0 Å². The third kappa shape index (κ3) is 3.38. The monoisotopic (exact) mass is 318 g/mol. The van der Waals surface area contributed by atoms with Gasteiger partial charge in [0, 0.05) is 19.5 Å². The number of likely N-dealkylation sites (tertiary alicyclic amines) is 2. The molecule has 2 aliphatic heterocycles. The van der Waals surface area contributed by atoms with Crippen LogP contribution in [0.5, 0.6) is 0 Å². The van der Waals surface area contributed by atoms with E-state index in [2.05, 4.69) is 6.92 Å². The topological polar surface area (TPSA) is 40.6 Å². The summed E-state index contributed by atoms with van der Waals surface area (Å²) in [5.74, 6) is 0.0519. The molecule has 2 atom stereocenters. The van der Waals surface area contributed by atoms with Crippen molar-refractivity contribution < 1.29 is 14.0 Å². The normalized spacial score (nSPS) is 25.0. The Labute approximate surface area is 136 Å². The maximum absolute atomic E-state index is 13.5. The number of halogens is 1. The summed E-state index contributed by atoms with van der Waals surface area (Å²) in [6.07, 6.45) is 3.32. The molecule has 0 bridgehead atoms. The molecule has 1 aromatic rings. The van der Waals surface area contributed by atoms with Crippen LogP contribution in [0.1, 0.15) is 44.2 Å². The molecule has 0 unspecified atom stereocenters. The quantitative estimate of drug-likeness (QED) is 0.860. The Morgan fingerprint density at radius 2 is 2.13 bits per heavy atom. The van der Waals surface area contributed by atoms with E-state index < -0.39 is 0 Å². The van der Waals surface area contributed by atoms with Crippen LogP contribution in [0.3, 0.4) is 0 Å². The maximum Gasteiger partial charge on any atom is 0.242 e. The fourth-order valence-corrected chi connectivity index (χ4v) is 3.71. The number of amides is 2. The summed E-state index contributed by atoms with van der Waals surface area (Å²) in [5.41, 5.74) is 0.841. The molecule has 2 amide bonds. The second-order valence-electron chi connectivity index (χ2n) is 6.63. The first-order valence-corrected chi connectivity index (χ1v) is 8.39. The molecule has 0 radical (unpaired) electrons. The van der Waals surface area contributed by atoms with Gasteiger partial charge in [-0.15, -0.1) is 0 Å². The molecule has 0 aromatic heterocycles. The first kappa shape index (κ1) is 16.0. The molecule has 2 saturated heterocycles. The summed E-state index contributed by atoms with van der Waals surface area (Å²) in [7, 11) is 0. The van der Waals surface area contributed by atoms with Crippen molar-refractivity contribution in [2.45, 2.75) is 38.6 Å². The van der Waals surface area contributed by atoms with Crippen molar-refractivity contribution in [3.63, 3.8) is 0 Å². The van der Waals surface area contributed by atoms with Gasteiger partial charge in [-0.25, -0.2) is 4.39 Å². The Balaban J connectivity index is 1.75. The Hall–Kier alpha value is -1.91. The van der Waals surface area contributed by atoms with E-state index in [4.69, 9.17) is 0 Å². The summed E-state index contributed by atoms with van der Waals surface area (Å²) in [5, 5.41) is 0. The molecule has 0 aliphatic carbocycles. The van der Waals surface area contributed by atoms with E-state index in [-0.39, 0.29) is 36.1 Å². The van der Waals surface area contributed by atoms with Crippen LogP contribution < -0.4 is 0 Å². The van der Waals surface area contributed by atoms with E-state index in [0.29, 0.717) is 19.5 Å². The molecule has 5 heteroatoms. The van der Waals surface area contributed by atoms with Crippen molar-refractivity contribution in [3.05, 3.63) is 35.6 Å². The molecular formula is C18H23FN2O2. The first-order valence-electron chi connectivity index (χ1n) is 8.39. The highest BCUT2D eigenvalue weighted by atomic mass is 19.1. The Bertz CT molecular complexity index is 604. The number of benzene rings is 1. The molecule has 1 aromatic carbocycles. The van der Waals surface area contributed by atoms with Crippen molar-refractivity contribution in [3.8, 4) is 0 Å². The van der Waals surface area contributed by atoms with Gasteiger partial charge in [-0.3, -0.25) is 9.59 Å². The highest BCUT2D eigenvalue weighted by Crippen LogP contribution is 2.37. The van der Waals surface area contributed by atoms with Crippen LogP contribution in [-0.2, 0) is 9.59 Å². The maximum atomic E-state index is 13.5. The Morgan fingerprint density at radius 3 is 2.87 bits per heavy atom. The lowest BCUT2D eigenvalue weighted by Gasteiger charge is -2.32. The second kappa shape index (κ2) is 6.69. The van der Waals surface area contributed by atoms with Gasteiger partial charge in [-0.2, -0.15) is 0 Å². The second-order valence-corrected chi connectivity index (χ2v) is 6.63. The average molecular weight is 318 g/mol.